The number of hydrogen-bond donors (Lipinski definition) is 2. The van der Waals surface area contributed by atoms with Crippen molar-refractivity contribution in [3.63, 3.8) is 0 Å². The fourth-order valence-electron chi connectivity index (χ4n) is 2.95. The van der Waals surface area contributed by atoms with Crippen molar-refractivity contribution in [2.75, 3.05) is 26.2 Å². The van der Waals surface area contributed by atoms with E-state index in [1.165, 1.54) is 24.1 Å². The van der Waals surface area contributed by atoms with Gasteiger partial charge in [-0.25, -0.2) is 0 Å². The predicted octanol–water partition coefficient (Wildman–Crippen LogP) is 1.65. The summed E-state index contributed by atoms with van der Waals surface area (Å²) in [6, 6.07) is 5.78. The number of rotatable bonds is 5. The van der Waals surface area contributed by atoms with Gasteiger partial charge in [-0.2, -0.15) is 0 Å². The van der Waals surface area contributed by atoms with Gasteiger partial charge in [-0.05, 0) is 30.7 Å². The summed E-state index contributed by atoms with van der Waals surface area (Å²) in [6.45, 7) is 3.28. The molecule has 1 saturated heterocycles. The standard InChI is InChI=1S/C14H22N2OS/c17-6-5-16-9-11(14-2-1-7-18-14)8-13(10-16)15-12-3-4-12/h1-2,7,11-13,15,17H,3-6,8-10H2. The first-order valence-corrected chi connectivity index (χ1v) is 7.86. The fraction of sp³-hybridized carbons (Fsp3) is 0.714. The van der Waals surface area contributed by atoms with Crippen LogP contribution in [0.15, 0.2) is 17.5 Å². The van der Waals surface area contributed by atoms with Crippen LogP contribution in [0, 0.1) is 0 Å². The molecule has 0 bridgehead atoms. The number of nitrogens with one attached hydrogen (secondary N) is 1. The first kappa shape index (κ1) is 12.6. The number of thiophene rings is 1. The van der Waals surface area contributed by atoms with Crippen molar-refractivity contribution in [3.05, 3.63) is 22.4 Å². The molecule has 100 valence electrons. The van der Waals surface area contributed by atoms with E-state index in [1.807, 2.05) is 11.3 Å². The molecule has 0 spiro atoms. The average molecular weight is 266 g/mol. The molecule has 2 fully saturated rings. The minimum atomic E-state index is 0.271. The fourth-order valence-corrected chi connectivity index (χ4v) is 3.78. The lowest BCUT2D eigenvalue weighted by molar-refractivity contribution is 0.138. The molecule has 2 heterocycles. The van der Waals surface area contributed by atoms with E-state index in [-0.39, 0.29) is 6.61 Å². The number of hydrogen-bond acceptors (Lipinski definition) is 4. The predicted molar refractivity (Wildman–Crippen MR) is 75.1 cm³/mol. The van der Waals surface area contributed by atoms with Crippen LogP contribution in [0.4, 0.5) is 0 Å². The summed E-state index contributed by atoms with van der Waals surface area (Å²) in [7, 11) is 0. The molecule has 0 radical (unpaired) electrons. The number of β-amino-alcohol motifs (C(OH)–C–C–N with tert-alkyl or cyclic N) is 1. The highest BCUT2D eigenvalue weighted by molar-refractivity contribution is 7.10. The van der Waals surface area contributed by atoms with Crippen molar-refractivity contribution in [2.24, 2.45) is 0 Å². The van der Waals surface area contributed by atoms with Gasteiger partial charge in [0, 0.05) is 42.5 Å². The molecule has 2 N–H and O–H groups in total. The number of likely N-dealkylation sites (tertiary alicyclic amines) is 1. The largest absolute Gasteiger partial charge is 0.395 e. The molecule has 2 atom stereocenters. The van der Waals surface area contributed by atoms with E-state index in [2.05, 4.69) is 27.7 Å². The molecule has 2 unspecified atom stereocenters. The Labute approximate surface area is 113 Å². The summed E-state index contributed by atoms with van der Waals surface area (Å²) >= 11 is 1.87. The molecule has 0 amide bonds. The van der Waals surface area contributed by atoms with Crippen LogP contribution in [0.3, 0.4) is 0 Å². The first-order chi connectivity index (χ1) is 8.85. The summed E-state index contributed by atoms with van der Waals surface area (Å²) in [5.74, 6) is 0.640. The topological polar surface area (TPSA) is 35.5 Å². The van der Waals surface area contributed by atoms with Crippen LogP contribution in [0.1, 0.15) is 30.1 Å². The molecule has 1 saturated carbocycles. The highest BCUT2D eigenvalue weighted by Crippen LogP contribution is 2.31. The maximum atomic E-state index is 9.16. The molecule has 1 aliphatic heterocycles. The third-order valence-electron chi connectivity index (χ3n) is 3.94. The third-order valence-corrected chi connectivity index (χ3v) is 4.97. The van der Waals surface area contributed by atoms with Crippen LogP contribution < -0.4 is 5.32 Å². The van der Waals surface area contributed by atoms with E-state index >= 15 is 0 Å². The molecular formula is C14H22N2OS. The van der Waals surface area contributed by atoms with Crippen molar-refractivity contribution in [1.29, 1.82) is 0 Å². The van der Waals surface area contributed by atoms with Crippen LogP contribution in [0.25, 0.3) is 0 Å². The second kappa shape index (κ2) is 5.70. The van der Waals surface area contributed by atoms with Gasteiger partial charge in [-0.1, -0.05) is 6.07 Å². The number of aliphatic hydroxyl groups is 1. The average Bonchev–Trinajstić information content (AvgIpc) is 3.00. The van der Waals surface area contributed by atoms with E-state index in [1.54, 1.807) is 0 Å². The molecular weight excluding hydrogens is 244 g/mol. The lowest BCUT2D eigenvalue weighted by atomic mass is 9.92. The Bertz CT molecular complexity index is 364. The Balaban J connectivity index is 1.65. The molecule has 18 heavy (non-hydrogen) atoms. The molecule has 4 heteroatoms. The second-order valence-corrected chi connectivity index (χ2v) is 6.55. The Morgan fingerprint density at radius 3 is 2.89 bits per heavy atom. The minimum absolute atomic E-state index is 0.271. The monoisotopic (exact) mass is 266 g/mol. The Morgan fingerprint density at radius 2 is 2.22 bits per heavy atom. The lowest BCUT2D eigenvalue weighted by Crippen LogP contribution is -2.49. The van der Waals surface area contributed by atoms with Crippen molar-refractivity contribution in [3.8, 4) is 0 Å². The summed E-state index contributed by atoms with van der Waals surface area (Å²) < 4.78 is 0. The zero-order chi connectivity index (χ0) is 12.4. The second-order valence-electron chi connectivity index (χ2n) is 5.57. The van der Waals surface area contributed by atoms with E-state index in [0.717, 1.165) is 25.7 Å². The van der Waals surface area contributed by atoms with Crippen molar-refractivity contribution in [1.82, 2.24) is 10.2 Å². The van der Waals surface area contributed by atoms with Gasteiger partial charge in [0.1, 0.15) is 0 Å². The van der Waals surface area contributed by atoms with Gasteiger partial charge < -0.3 is 10.4 Å². The van der Waals surface area contributed by atoms with E-state index in [4.69, 9.17) is 5.11 Å². The molecule has 1 aliphatic carbocycles. The maximum absolute atomic E-state index is 9.16. The normalized spacial score (nSPS) is 29.6. The number of nitrogens with zero attached hydrogens (tertiary/aromatic N) is 1. The molecule has 3 nitrogen and oxygen atoms in total. The summed E-state index contributed by atoms with van der Waals surface area (Å²) in [6.07, 6.45) is 3.94. The van der Waals surface area contributed by atoms with Gasteiger partial charge in [0.15, 0.2) is 0 Å². The van der Waals surface area contributed by atoms with Crippen LogP contribution in [-0.2, 0) is 0 Å². The van der Waals surface area contributed by atoms with Gasteiger partial charge in [-0.3, -0.25) is 4.90 Å². The highest BCUT2D eigenvalue weighted by atomic mass is 32.1. The van der Waals surface area contributed by atoms with Crippen molar-refractivity contribution in [2.45, 2.75) is 37.3 Å². The third kappa shape index (κ3) is 3.12. The van der Waals surface area contributed by atoms with E-state index < -0.39 is 0 Å². The van der Waals surface area contributed by atoms with Crippen molar-refractivity contribution >= 4 is 11.3 Å². The number of aliphatic hydroxyl groups excluding tert-OH is 1. The lowest BCUT2D eigenvalue weighted by Gasteiger charge is -2.37. The van der Waals surface area contributed by atoms with Gasteiger partial charge in [0.05, 0.1) is 6.61 Å². The Morgan fingerprint density at radius 1 is 1.33 bits per heavy atom. The zero-order valence-corrected chi connectivity index (χ0v) is 11.5. The smallest absolute Gasteiger partial charge is 0.0558 e. The molecule has 1 aromatic rings. The van der Waals surface area contributed by atoms with Crippen LogP contribution in [0.5, 0.6) is 0 Å². The van der Waals surface area contributed by atoms with Crippen molar-refractivity contribution < 1.29 is 5.11 Å². The summed E-state index contributed by atoms with van der Waals surface area (Å²) in [5, 5.41) is 15.1. The van der Waals surface area contributed by atoms with Crippen LogP contribution in [0.2, 0.25) is 0 Å². The SMILES string of the molecule is OCCN1CC(NC2CC2)CC(c2cccs2)C1. The number of piperidine rings is 1. The van der Waals surface area contributed by atoms with E-state index in [0.29, 0.717) is 12.0 Å². The van der Waals surface area contributed by atoms with Gasteiger partial charge in [0.25, 0.3) is 0 Å². The molecule has 0 aromatic carbocycles. The molecule has 2 aliphatic rings. The zero-order valence-electron chi connectivity index (χ0n) is 10.7. The quantitative estimate of drug-likeness (QED) is 0.850. The van der Waals surface area contributed by atoms with Gasteiger partial charge in [0.2, 0.25) is 0 Å². The van der Waals surface area contributed by atoms with Crippen LogP contribution in [-0.4, -0.2) is 48.3 Å². The minimum Gasteiger partial charge on any atom is -0.395 e. The first-order valence-electron chi connectivity index (χ1n) is 6.98. The highest BCUT2D eigenvalue weighted by Gasteiger charge is 2.32. The summed E-state index contributed by atoms with van der Waals surface area (Å²) in [5.41, 5.74) is 0. The van der Waals surface area contributed by atoms with Gasteiger partial charge >= 0.3 is 0 Å². The Hall–Kier alpha value is -0.420. The van der Waals surface area contributed by atoms with Gasteiger partial charge in [-0.15, -0.1) is 11.3 Å². The Kier molecular flexibility index (Phi) is 3.99. The summed E-state index contributed by atoms with van der Waals surface area (Å²) in [4.78, 5) is 3.91. The molecule has 1 aromatic heterocycles. The van der Waals surface area contributed by atoms with Crippen LogP contribution >= 0.6 is 11.3 Å². The van der Waals surface area contributed by atoms with E-state index in [9.17, 15) is 0 Å². The molecule has 3 rings (SSSR count). The maximum Gasteiger partial charge on any atom is 0.0558 e.